The molecule has 0 N–H and O–H groups in total. The molecule has 0 aliphatic heterocycles. The Bertz CT molecular complexity index is 226. The summed E-state index contributed by atoms with van der Waals surface area (Å²) in [6, 6.07) is 1.26. The van der Waals surface area contributed by atoms with Gasteiger partial charge in [0.05, 0.1) is 0 Å². The molecular formula is C12H20O2Si. The minimum absolute atomic E-state index is 0.0270. The van der Waals surface area contributed by atoms with E-state index in [-0.39, 0.29) is 5.91 Å². The number of fused-ring (bicyclic) bond motifs is 2. The SMILES string of the molecule is COC(OC)[Si]CCC1CC2C=CC1C2. The molecule has 2 bridgehead atoms. The first-order valence-corrected chi connectivity index (χ1v) is 7.09. The van der Waals surface area contributed by atoms with Crippen molar-refractivity contribution in [3.63, 3.8) is 0 Å². The Morgan fingerprint density at radius 2 is 2.07 bits per heavy atom. The number of allylic oxidation sites excluding steroid dienone is 2. The zero-order chi connectivity index (χ0) is 10.7. The molecule has 2 nitrogen and oxygen atoms in total. The molecule has 0 amide bonds. The lowest BCUT2D eigenvalue weighted by Gasteiger charge is -2.18. The van der Waals surface area contributed by atoms with Gasteiger partial charge in [-0.2, -0.15) is 0 Å². The second-order valence-corrected chi connectivity index (χ2v) is 5.97. The average molecular weight is 224 g/mol. The van der Waals surface area contributed by atoms with E-state index in [4.69, 9.17) is 9.47 Å². The highest BCUT2D eigenvalue weighted by Crippen LogP contribution is 2.45. The first kappa shape index (κ1) is 11.4. The van der Waals surface area contributed by atoms with E-state index < -0.39 is 0 Å². The summed E-state index contributed by atoms with van der Waals surface area (Å²) in [5, 5.41) is 0. The molecule has 2 aliphatic rings. The molecule has 0 aromatic heterocycles. The van der Waals surface area contributed by atoms with Gasteiger partial charge >= 0.3 is 0 Å². The van der Waals surface area contributed by atoms with Crippen LogP contribution in [0.4, 0.5) is 0 Å². The molecule has 0 aromatic rings. The van der Waals surface area contributed by atoms with Crippen molar-refractivity contribution in [3.05, 3.63) is 12.2 Å². The summed E-state index contributed by atoms with van der Waals surface area (Å²) < 4.78 is 10.4. The molecule has 84 valence electrons. The molecule has 15 heavy (non-hydrogen) atoms. The molecule has 3 heteroatoms. The van der Waals surface area contributed by atoms with Gasteiger partial charge in [-0.15, -0.1) is 0 Å². The van der Waals surface area contributed by atoms with Crippen LogP contribution in [0, 0.1) is 17.8 Å². The fourth-order valence-corrected chi connectivity index (χ4v) is 3.98. The van der Waals surface area contributed by atoms with Gasteiger partial charge in [0.25, 0.3) is 0 Å². The Kier molecular flexibility index (Phi) is 4.00. The molecule has 0 saturated heterocycles. The molecule has 0 aromatic carbocycles. The highest BCUT2D eigenvalue weighted by molar-refractivity contribution is 6.36. The lowest BCUT2D eigenvalue weighted by Crippen LogP contribution is -2.22. The maximum Gasteiger partial charge on any atom is 0.136 e. The summed E-state index contributed by atoms with van der Waals surface area (Å²) in [4.78, 5) is 0. The topological polar surface area (TPSA) is 18.5 Å². The number of rotatable bonds is 6. The van der Waals surface area contributed by atoms with Gasteiger partial charge in [0.1, 0.15) is 15.4 Å². The van der Waals surface area contributed by atoms with E-state index in [1.54, 1.807) is 14.2 Å². The van der Waals surface area contributed by atoms with Crippen LogP contribution in [0.1, 0.15) is 19.3 Å². The summed E-state index contributed by atoms with van der Waals surface area (Å²) in [7, 11) is 4.23. The van der Waals surface area contributed by atoms with Crippen molar-refractivity contribution in [3.8, 4) is 0 Å². The van der Waals surface area contributed by atoms with E-state index in [0.29, 0.717) is 0 Å². The third-order valence-corrected chi connectivity index (χ3v) is 5.05. The molecule has 1 fully saturated rings. The monoisotopic (exact) mass is 224 g/mol. The quantitative estimate of drug-likeness (QED) is 0.391. The smallest absolute Gasteiger partial charge is 0.136 e. The van der Waals surface area contributed by atoms with Crippen molar-refractivity contribution >= 4 is 9.52 Å². The zero-order valence-electron chi connectivity index (χ0n) is 9.61. The van der Waals surface area contributed by atoms with Crippen molar-refractivity contribution in [1.29, 1.82) is 0 Å². The van der Waals surface area contributed by atoms with E-state index >= 15 is 0 Å². The average Bonchev–Trinajstić information content (AvgIpc) is 2.86. The normalized spacial score (nSPS) is 33.1. The third kappa shape index (κ3) is 2.71. The van der Waals surface area contributed by atoms with Crippen LogP contribution in [-0.2, 0) is 9.47 Å². The van der Waals surface area contributed by atoms with E-state index in [1.807, 2.05) is 0 Å². The molecule has 3 unspecified atom stereocenters. The summed E-state index contributed by atoms with van der Waals surface area (Å²) in [5.41, 5.74) is 0. The minimum Gasteiger partial charge on any atom is -0.360 e. The maximum atomic E-state index is 5.20. The zero-order valence-corrected chi connectivity index (χ0v) is 10.6. The van der Waals surface area contributed by atoms with Crippen LogP contribution in [0.5, 0.6) is 0 Å². The summed E-state index contributed by atoms with van der Waals surface area (Å²) in [6.07, 6.45) is 9.05. The standard InChI is InChI=1S/C12H20O2Si/c1-13-12(14-2)15-6-5-11-8-9-3-4-10(11)7-9/h3-4,9-12H,5-8H2,1-2H3. The maximum absolute atomic E-state index is 5.20. The molecule has 1 saturated carbocycles. The van der Waals surface area contributed by atoms with Crippen molar-refractivity contribution < 1.29 is 9.47 Å². The molecule has 2 radical (unpaired) electrons. The van der Waals surface area contributed by atoms with Crippen molar-refractivity contribution in [2.24, 2.45) is 17.8 Å². The van der Waals surface area contributed by atoms with E-state index in [1.165, 1.54) is 25.3 Å². The molecule has 3 atom stereocenters. The Hall–Kier alpha value is -0.123. The third-order valence-electron chi connectivity index (χ3n) is 3.67. The summed E-state index contributed by atoms with van der Waals surface area (Å²) in [5.74, 6) is 2.77. The lowest BCUT2D eigenvalue weighted by atomic mass is 9.91. The van der Waals surface area contributed by atoms with Gasteiger partial charge in [0, 0.05) is 14.2 Å². The van der Waals surface area contributed by atoms with E-state index in [2.05, 4.69) is 12.2 Å². The van der Waals surface area contributed by atoms with Crippen LogP contribution in [-0.4, -0.2) is 29.7 Å². The molecule has 0 spiro atoms. The molecule has 2 aliphatic carbocycles. The number of hydrogen-bond donors (Lipinski definition) is 0. The minimum atomic E-state index is 0.0270. The van der Waals surface area contributed by atoms with Crippen LogP contribution in [0.25, 0.3) is 0 Å². The van der Waals surface area contributed by atoms with Gasteiger partial charge < -0.3 is 9.47 Å². The second-order valence-electron chi connectivity index (χ2n) is 4.59. The predicted octanol–water partition coefficient (Wildman–Crippen LogP) is 2.29. The highest BCUT2D eigenvalue weighted by atomic mass is 28.2. The van der Waals surface area contributed by atoms with Crippen LogP contribution in [0.3, 0.4) is 0 Å². The Morgan fingerprint density at radius 1 is 1.27 bits per heavy atom. The first-order chi connectivity index (χ1) is 7.33. The van der Waals surface area contributed by atoms with E-state index in [0.717, 1.165) is 27.3 Å². The molecule has 2 rings (SSSR count). The van der Waals surface area contributed by atoms with Gasteiger partial charge in [-0.3, -0.25) is 0 Å². The van der Waals surface area contributed by atoms with Crippen molar-refractivity contribution in [2.75, 3.05) is 14.2 Å². The predicted molar refractivity (Wildman–Crippen MR) is 61.8 cm³/mol. The van der Waals surface area contributed by atoms with Gasteiger partial charge in [0.2, 0.25) is 0 Å². The second kappa shape index (κ2) is 5.28. The van der Waals surface area contributed by atoms with E-state index in [9.17, 15) is 0 Å². The number of hydrogen-bond acceptors (Lipinski definition) is 2. The Morgan fingerprint density at radius 3 is 2.60 bits per heavy atom. The van der Waals surface area contributed by atoms with Crippen LogP contribution in [0.2, 0.25) is 6.04 Å². The summed E-state index contributed by atoms with van der Waals surface area (Å²) in [6.45, 7) is 0. The Labute approximate surface area is 94.9 Å². The largest absolute Gasteiger partial charge is 0.360 e. The van der Waals surface area contributed by atoms with Crippen molar-refractivity contribution in [2.45, 2.75) is 31.2 Å². The van der Waals surface area contributed by atoms with Gasteiger partial charge in [-0.1, -0.05) is 24.6 Å². The van der Waals surface area contributed by atoms with Crippen LogP contribution >= 0.6 is 0 Å². The Balaban J connectivity index is 1.64. The lowest BCUT2D eigenvalue weighted by molar-refractivity contribution is -0.0442. The fraction of sp³-hybridized carbons (Fsp3) is 0.833. The van der Waals surface area contributed by atoms with Crippen LogP contribution in [0.15, 0.2) is 12.2 Å². The van der Waals surface area contributed by atoms with Gasteiger partial charge in [-0.25, -0.2) is 0 Å². The first-order valence-electron chi connectivity index (χ1n) is 5.80. The highest BCUT2D eigenvalue weighted by Gasteiger charge is 2.34. The van der Waals surface area contributed by atoms with Gasteiger partial charge in [0.15, 0.2) is 0 Å². The van der Waals surface area contributed by atoms with Crippen molar-refractivity contribution in [1.82, 2.24) is 0 Å². The molecule has 0 heterocycles. The van der Waals surface area contributed by atoms with Gasteiger partial charge in [-0.05, 0) is 30.6 Å². The summed E-state index contributed by atoms with van der Waals surface area (Å²) >= 11 is 0. The molecular weight excluding hydrogens is 204 g/mol. The fourth-order valence-electron chi connectivity index (χ4n) is 2.88. The number of methoxy groups -OCH3 is 2. The van der Waals surface area contributed by atoms with Crippen LogP contribution < -0.4 is 0 Å². The number of ether oxygens (including phenoxy) is 2.